The van der Waals surface area contributed by atoms with Crippen molar-refractivity contribution in [3.63, 3.8) is 0 Å². The molecule has 6 saturated carbocycles. The first-order chi connectivity index (χ1) is 31.4. The van der Waals surface area contributed by atoms with E-state index < -0.39 is 17.9 Å². The van der Waals surface area contributed by atoms with Crippen LogP contribution in [0.2, 0.25) is 0 Å². The van der Waals surface area contributed by atoms with Crippen molar-refractivity contribution >= 4 is 35.8 Å². The number of hydrogen-bond acceptors (Lipinski definition) is 15. The molecule has 6 fully saturated rings. The van der Waals surface area contributed by atoms with Crippen molar-refractivity contribution in [3.8, 4) is 0 Å². The smallest absolute Gasteiger partial charge is 0.333 e. The Bertz CT molecular complexity index is 1610. The minimum atomic E-state index is -0.453. The van der Waals surface area contributed by atoms with Crippen LogP contribution >= 0.6 is 0 Å². The van der Waals surface area contributed by atoms with E-state index in [2.05, 4.69) is 33.6 Å². The van der Waals surface area contributed by atoms with E-state index in [1.807, 2.05) is 6.92 Å². The SMILES string of the molecule is C=C(C)C(=O)OCCOCC(=O)OC1(C)CCCCC1.C=C(C)C(=O)OCCOCC(=O)OC1(CC)C2CC3CC(C2)CC1C3.C=C(C)C(=O)OCCOCC(=O)OC1(CC)CCCCC1. The molecular weight excluding hydrogens is 853 g/mol. The van der Waals surface area contributed by atoms with E-state index in [4.69, 9.17) is 42.6 Å². The number of carbonyl (C=O) groups is 6. The molecule has 374 valence electrons. The molecule has 15 heteroatoms. The van der Waals surface area contributed by atoms with Gasteiger partial charge in [0.25, 0.3) is 0 Å². The zero-order valence-corrected chi connectivity index (χ0v) is 40.9. The van der Waals surface area contributed by atoms with Gasteiger partial charge in [0, 0.05) is 16.7 Å². The third kappa shape index (κ3) is 18.9. The van der Waals surface area contributed by atoms with E-state index in [-0.39, 0.29) is 94.2 Å². The van der Waals surface area contributed by atoms with Crippen molar-refractivity contribution in [2.45, 2.75) is 167 Å². The Hall–Kier alpha value is -4.08. The fourth-order valence-electron chi connectivity index (χ4n) is 10.2. The summed E-state index contributed by atoms with van der Waals surface area (Å²) in [6, 6.07) is 0. The largest absolute Gasteiger partial charge is 0.460 e. The summed E-state index contributed by atoms with van der Waals surface area (Å²) < 4.78 is 47.4. The number of hydrogen-bond donors (Lipinski definition) is 0. The van der Waals surface area contributed by atoms with Crippen molar-refractivity contribution in [1.82, 2.24) is 0 Å². The van der Waals surface area contributed by atoms with E-state index >= 15 is 0 Å². The van der Waals surface area contributed by atoms with Gasteiger partial charge in [0.2, 0.25) is 0 Å². The van der Waals surface area contributed by atoms with Crippen LogP contribution in [0, 0.1) is 23.7 Å². The third-order valence-electron chi connectivity index (χ3n) is 13.5. The van der Waals surface area contributed by atoms with Gasteiger partial charge in [0.05, 0.1) is 19.8 Å². The molecule has 0 amide bonds. The van der Waals surface area contributed by atoms with E-state index in [1.54, 1.807) is 20.8 Å². The molecule has 0 heterocycles. The molecule has 0 unspecified atom stereocenters. The zero-order chi connectivity index (χ0) is 48.8. The molecule has 0 aromatic rings. The summed E-state index contributed by atoms with van der Waals surface area (Å²) in [7, 11) is 0. The number of esters is 6. The summed E-state index contributed by atoms with van der Waals surface area (Å²) in [6.07, 6.45) is 18.5. The lowest BCUT2D eigenvalue weighted by atomic mass is 9.49. The molecule has 6 rings (SSSR count). The van der Waals surface area contributed by atoms with Gasteiger partial charge in [-0.25, -0.2) is 28.8 Å². The van der Waals surface area contributed by atoms with Crippen LogP contribution in [-0.2, 0) is 71.4 Å². The second kappa shape index (κ2) is 28.3. The Balaban J connectivity index is 0.000000265. The molecule has 0 radical (unpaired) electrons. The van der Waals surface area contributed by atoms with E-state index in [0.29, 0.717) is 28.6 Å². The third-order valence-corrected chi connectivity index (χ3v) is 13.5. The lowest BCUT2D eigenvalue weighted by Crippen LogP contribution is -2.59. The molecule has 0 aromatic heterocycles. The fourth-order valence-corrected chi connectivity index (χ4v) is 10.2. The van der Waals surface area contributed by atoms with Crippen LogP contribution < -0.4 is 0 Å². The summed E-state index contributed by atoms with van der Waals surface area (Å²) in [5.41, 5.74) is 0.119. The lowest BCUT2D eigenvalue weighted by molar-refractivity contribution is -0.214. The predicted molar refractivity (Wildman–Crippen MR) is 246 cm³/mol. The summed E-state index contributed by atoms with van der Waals surface area (Å²) in [5, 5.41) is 0. The van der Waals surface area contributed by atoms with Crippen molar-refractivity contribution in [2.75, 3.05) is 59.5 Å². The van der Waals surface area contributed by atoms with Gasteiger partial charge < -0.3 is 42.6 Å². The Labute approximate surface area is 393 Å². The first-order valence-corrected chi connectivity index (χ1v) is 24.2. The predicted octanol–water partition coefficient (Wildman–Crippen LogP) is 8.44. The molecule has 0 aliphatic heterocycles. The van der Waals surface area contributed by atoms with Crippen LogP contribution in [0.25, 0.3) is 0 Å². The maximum absolute atomic E-state index is 12.3. The summed E-state index contributed by atoms with van der Waals surface area (Å²) >= 11 is 0. The van der Waals surface area contributed by atoms with Crippen LogP contribution in [0.3, 0.4) is 0 Å². The number of ether oxygens (including phenoxy) is 9. The normalized spacial score (nSPS) is 24.1. The van der Waals surface area contributed by atoms with Gasteiger partial charge >= 0.3 is 35.8 Å². The monoisotopic (exact) mass is 933 g/mol. The topological polar surface area (TPSA) is 185 Å². The van der Waals surface area contributed by atoms with Crippen LogP contribution in [0.1, 0.15) is 151 Å². The van der Waals surface area contributed by atoms with Gasteiger partial charge in [0.15, 0.2) is 0 Å². The number of carbonyl (C=O) groups excluding carboxylic acids is 6. The highest BCUT2D eigenvalue weighted by Crippen LogP contribution is 2.60. The van der Waals surface area contributed by atoms with Crippen molar-refractivity contribution in [1.29, 1.82) is 0 Å². The summed E-state index contributed by atoms with van der Waals surface area (Å²) in [4.78, 5) is 69.2. The minimum Gasteiger partial charge on any atom is -0.460 e. The average Bonchev–Trinajstić information content (AvgIpc) is 3.27. The van der Waals surface area contributed by atoms with Gasteiger partial charge in [-0.1, -0.05) is 46.4 Å². The van der Waals surface area contributed by atoms with Crippen LogP contribution in [0.5, 0.6) is 0 Å². The Kier molecular flexibility index (Phi) is 24.1. The highest BCUT2D eigenvalue weighted by atomic mass is 16.6. The first-order valence-electron chi connectivity index (χ1n) is 24.2. The zero-order valence-electron chi connectivity index (χ0n) is 40.9. The molecule has 4 bridgehead atoms. The highest BCUT2D eigenvalue weighted by Gasteiger charge is 2.58. The van der Waals surface area contributed by atoms with E-state index in [9.17, 15) is 28.8 Å². The lowest BCUT2D eigenvalue weighted by Gasteiger charge is -2.60. The molecule has 66 heavy (non-hydrogen) atoms. The van der Waals surface area contributed by atoms with Crippen LogP contribution in [-0.4, -0.2) is 112 Å². The summed E-state index contributed by atoms with van der Waals surface area (Å²) in [5.74, 6) is 0.402. The van der Waals surface area contributed by atoms with E-state index in [1.165, 1.54) is 44.9 Å². The van der Waals surface area contributed by atoms with Gasteiger partial charge in [-0.05, 0) is 148 Å². The van der Waals surface area contributed by atoms with Crippen molar-refractivity contribution in [2.24, 2.45) is 23.7 Å². The molecule has 6 aliphatic rings. The van der Waals surface area contributed by atoms with Crippen molar-refractivity contribution in [3.05, 3.63) is 36.5 Å². The maximum Gasteiger partial charge on any atom is 0.333 e. The minimum absolute atomic E-state index is 0.0847. The highest BCUT2D eigenvalue weighted by molar-refractivity contribution is 5.87. The number of rotatable bonds is 23. The Morgan fingerprint density at radius 1 is 0.470 bits per heavy atom. The average molecular weight is 933 g/mol. The molecule has 0 spiro atoms. The Morgan fingerprint density at radius 3 is 1.20 bits per heavy atom. The molecule has 0 aromatic carbocycles. The molecule has 15 nitrogen and oxygen atoms in total. The quantitative estimate of drug-likeness (QED) is 0.0411. The van der Waals surface area contributed by atoms with Crippen LogP contribution in [0.15, 0.2) is 36.5 Å². The molecule has 0 N–H and O–H groups in total. The molecule has 6 aliphatic carbocycles. The first kappa shape index (κ1) is 56.2. The summed E-state index contributed by atoms with van der Waals surface area (Å²) in [6.45, 7) is 21.9. The molecule has 0 saturated heterocycles. The molecular formula is C51H80O15. The van der Waals surface area contributed by atoms with E-state index in [0.717, 1.165) is 76.0 Å². The van der Waals surface area contributed by atoms with Gasteiger partial charge in [-0.15, -0.1) is 0 Å². The van der Waals surface area contributed by atoms with Gasteiger partial charge in [-0.2, -0.15) is 0 Å². The van der Waals surface area contributed by atoms with Crippen LogP contribution in [0.4, 0.5) is 0 Å². The van der Waals surface area contributed by atoms with Gasteiger partial charge in [-0.3, -0.25) is 0 Å². The molecule has 0 atom stereocenters. The Morgan fingerprint density at radius 2 is 0.833 bits per heavy atom. The fraction of sp³-hybridized carbons (Fsp3) is 0.765. The maximum atomic E-state index is 12.3. The second-order valence-electron chi connectivity index (χ2n) is 19.0. The second-order valence-corrected chi connectivity index (χ2v) is 19.0. The van der Waals surface area contributed by atoms with Gasteiger partial charge in [0.1, 0.15) is 56.4 Å². The standard InChI is InChI=1S/C20H30O5.C16H26O5.C15H24O5/c1-4-20(16-8-14-7-15(10-16)11-17(20)9-14)25-18(21)12-23-5-6-24-19(22)13(2)3;1-4-16(8-6-5-7-9-16)21-14(17)12-19-10-11-20-15(18)13(2)3;1-12(2)14(17)19-10-9-18-11-13(16)20-15(3)7-5-4-6-8-15/h14-17H,2,4-12H2,1,3H3;2,4-12H2,1,3H3;1,4-11H2,2-3H3. The van der Waals surface area contributed by atoms with Crippen molar-refractivity contribution < 1.29 is 71.4 Å².